The third-order valence-corrected chi connectivity index (χ3v) is 6.31. The zero-order chi connectivity index (χ0) is 21.8. The molecule has 1 atom stereocenters. The maximum atomic E-state index is 12.9. The van der Waals surface area contributed by atoms with Crippen LogP contribution in [0.15, 0.2) is 48.5 Å². The van der Waals surface area contributed by atoms with Gasteiger partial charge in [-0.15, -0.1) is 10.2 Å². The van der Waals surface area contributed by atoms with Crippen LogP contribution in [0.3, 0.4) is 0 Å². The number of anilines is 2. The summed E-state index contributed by atoms with van der Waals surface area (Å²) in [6.07, 6.45) is 2.19. The first-order valence-corrected chi connectivity index (χ1v) is 11.3. The lowest BCUT2D eigenvalue weighted by atomic mass is 10.1. The van der Waals surface area contributed by atoms with E-state index in [1.54, 1.807) is 17.0 Å². The standard InChI is InChI=1S/C22H22ClN5O2S/c1-2-14-7-3-4-10-17(14)24-22(30)28-12-6-11-18(28)19(29)25-21-27-26-20(31-21)15-8-5-9-16(23)13-15/h3-5,7-10,13,18H,2,6,11-12H2,1H3,(H,24,30)(H,25,27,29). The monoisotopic (exact) mass is 455 g/mol. The van der Waals surface area contributed by atoms with Crippen LogP contribution in [-0.4, -0.2) is 39.6 Å². The predicted molar refractivity (Wildman–Crippen MR) is 124 cm³/mol. The van der Waals surface area contributed by atoms with Crippen molar-refractivity contribution >= 4 is 45.7 Å². The molecule has 1 unspecified atom stereocenters. The van der Waals surface area contributed by atoms with Gasteiger partial charge in [0, 0.05) is 22.8 Å². The molecule has 1 aliphatic rings. The molecule has 31 heavy (non-hydrogen) atoms. The number of nitrogens with one attached hydrogen (secondary N) is 2. The van der Waals surface area contributed by atoms with E-state index in [0.717, 1.165) is 29.7 Å². The largest absolute Gasteiger partial charge is 0.322 e. The van der Waals surface area contributed by atoms with Crippen molar-refractivity contribution in [2.24, 2.45) is 0 Å². The Morgan fingerprint density at radius 1 is 1.16 bits per heavy atom. The van der Waals surface area contributed by atoms with Gasteiger partial charge in [-0.25, -0.2) is 4.79 Å². The molecule has 2 N–H and O–H groups in total. The molecule has 1 saturated heterocycles. The zero-order valence-corrected chi connectivity index (χ0v) is 18.5. The molecule has 1 fully saturated rings. The Balaban J connectivity index is 1.43. The molecule has 7 nitrogen and oxygen atoms in total. The fraction of sp³-hybridized carbons (Fsp3) is 0.273. The highest BCUT2D eigenvalue weighted by Gasteiger charge is 2.34. The summed E-state index contributed by atoms with van der Waals surface area (Å²) in [5.74, 6) is -0.259. The minimum atomic E-state index is -0.549. The molecule has 0 aliphatic carbocycles. The molecular formula is C22H22ClN5O2S. The van der Waals surface area contributed by atoms with E-state index in [0.29, 0.717) is 28.1 Å². The number of aryl methyl sites for hydroxylation is 1. The number of nitrogens with zero attached hydrogens (tertiary/aromatic N) is 3. The Morgan fingerprint density at radius 3 is 2.81 bits per heavy atom. The Morgan fingerprint density at radius 2 is 2.00 bits per heavy atom. The van der Waals surface area contributed by atoms with E-state index in [1.807, 2.05) is 43.3 Å². The van der Waals surface area contributed by atoms with Crippen molar-refractivity contribution in [3.63, 3.8) is 0 Å². The van der Waals surface area contributed by atoms with Crippen molar-refractivity contribution in [3.8, 4) is 10.6 Å². The molecule has 0 saturated carbocycles. The summed E-state index contributed by atoms with van der Waals surface area (Å²) in [5, 5.41) is 15.6. The fourth-order valence-corrected chi connectivity index (χ4v) is 4.55. The van der Waals surface area contributed by atoms with Crippen LogP contribution in [0.5, 0.6) is 0 Å². The summed E-state index contributed by atoms with van der Waals surface area (Å²) in [5.41, 5.74) is 2.66. The normalized spacial score (nSPS) is 15.7. The SMILES string of the molecule is CCc1ccccc1NC(=O)N1CCCC1C(=O)Nc1nnc(-c2cccc(Cl)c2)s1. The molecule has 2 heterocycles. The second-order valence-corrected chi connectivity index (χ2v) is 8.62. The summed E-state index contributed by atoms with van der Waals surface area (Å²) in [4.78, 5) is 27.3. The first-order valence-electron chi connectivity index (χ1n) is 10.1. The minimum absolute atomic E-state index is 0.259. The van der Waals surface area contributed by atoms with Gasteiger partial charge in [0.15, 0.2) is 0 Å². The van der Waals surface area contributed by atoms with Gasteiger partial charge in [0.1, 0.15) is 11.0 Å². The summed E-state index contributed by atoms with van der Waals surface area (Å²) in [6.45, 7) is 2.57. The summed E-state index contributed by atoms with van der Waals surface area (Å²) < 4.78 is 0. The van der Waals surface area contributed by atoms with Crippen LogP contribution >= 0.6 is 22.9 Å². The topological polar surface area (TPSA) is 87.2 Å². The van der Waals surface area contributed by atoms with E-state index in [4.69, 9.17) is 11.6 Å². The van der Waals surface area contributed by atoms with Crippen molar-refractivity contribution in [1.29, 1.82) is 0 Å². The van der Waals surface area contributed by atoms with Gasteiger partial charge in [-0.2, -0.15) is 0 Å². The van der Waals surface area contributed by atoms with Crippen molar-refractivity contribution < 1.29 is 9.59 Å². The average Bonchev–Trinajstić information content (AvgIpc) is 3.44. The second kappa shape index (κ2) is 9.45. The highest BCUT2D eigenvalue weighted by atomic mass is 35.5. The number of halogens is 1. The highest BCUT2D eigenvalue weighted by molar-refractivity contribution is 7.18. The van der Waals surface area contributed by atoms with E-state index in [9.17, 15) is 9.59 Å². The number of aromatic nitrogens is 2. The van der Waals surface area contributed by atoms with Crippen LogP contribution in [0, 0.1) is 0 Å². The molecule has 160 valence electrons. The van der Waals surface area contributed by atoms with Crippen LogP contribution in [0.1, 0.15) is 25.3 Å². The van der Waals surface area contributed by atoms with E-state index in [-0.39, 0.29) is 11.9 Å². The fourth-order valence-electron chi connectivity index (χ4n) is 3.62. The number of rotatable bonds is 5. The molecule has 1 aliphatic heterocycles. The first kappa shape index (κ1) is 21.3. The van der Waals surface area contributed by atoms with Crippen LogP contribution < -0.4 is 10.6 Å². The van der Waals surface area contributed by atoms with Gasteiger partial charge < -0.3 is 10.2 Å². The number of urea groups is 1. The number of amides is 3. The number of carbonyl (C=O) groups is 2. The molecule has 0 radical (unpaired) electrons. The van der Waals surface area contributed by atoms with Gasteiger partial charge in [-0.05, 0) is 43.0 Å². The number of likely N-dealkylation sites (tertiary alicyclic amines) is 1. The van der Waals surface area contributed by atoms with Crippen molar-refractivity contribution in [3.05, 3.63) is 59.1 Å². The third-order valence-electron chi connectivity index (χ3n) is 5.18. The van der Waals surface area contributed by atoms with E-state index >= 15 is 0 Å². The van der Waals surface area contributed by atoms with Gasteiger partial charge in [-0.3, -0.25) is 10.1 Å². The van der Waals surface area contributed by atoms with Gasteiger partial charge in [0.2, 0.25) is 11.0 Å². The quantitative estimate of drug-likeness (QED) is 0.563. The smallest absolute Gasteiger partial charge is 0.312 e. The van der Waals surface area contributed by atoms with Crippen LogP contribution in [-0.2, 0) is 11.2 Å². The second-order valence-electron chi connectivity index (χ2n) is 7.20. The lowest BCUT2D eigenvalue weighted by Crippen LogP contribution is -2.45. The molecule has 1 aromatic heterocycles. The zero-order valence-electron chi connectivity index (χ0n) is 17.0. The number of hydrogen-bond donors (Lipinski definition) is 2. The van der Waals surface area contributed by atoms with Gasteiger partial charge in [-0.1, -0.05) is 60.2 Å². The molecule has 2 aromatic carbocycles. The summed E-state index contributed by atoms with van der Waals surface area (Å²) in [7, 11) is 0. The lowest BCUT2D eigenvalue weighted by Gasteiger charge is -2.24. The maximum absolute atomic E-state index is 12.9. The molecule has 0 bridgehead atoms. The molecular weight excluding hydrogens is 434 g/mol. The van der Waals surface area contributed by atoms with E-state index in [2.05, 4.69) is 20.8 Å². The molecule has 4 rings (SSSR count). The number of para-hydroxylation sites is 1. The number of hydrogen-bond acceptors (Lipinski definition) is 5. The molecule has 0 spiro atoms. The Labute approximate surface area is 189 Å². The first-order chi connectivity index (χ1) is 15.0. The third kappa shape index (κ3) is 4.86. The maximum Gasteiger partial charge on any atom is 0.322 e. The highest BCUT2D eigenvalue weighted by Crippen LogP contribution is 2.29. The molecule has 3 amide bonds. The Kier molecular flexibility index (Phi) is 6.48. The Bertz CT molecular complexity index is 1100. The lowest BCUT2D eigenvalue weighted by molar-refractivity contribution is -0.119. The summed E-state index contributed by atoms with van der Waals surface area (Å²) >= 11 is 7.31. The van der Waals surface area contributed by atoms with E-state index in [1.165, 1.54) is 11.3 Å². The van der Waals surface area contributed by atoms with E-state index < -0.39 is 6.04 Å². The van der Waals surface area contributed by atoms with Crippen molar-refractivity contribution in [2.75, 3.05) is 17.2 Å². The predicted octanol–water partition coefficient (Wildman–Crippen LogP) is 5.06. The number of benzene rings is 2. The van der Waals surface area contributed by atoms with Gasteiger partial charge >= 0.3 is 6.03 Å². The van der Waals surface area contributed by atoms with Crippen LogP contribution in [0.4, 0.5) is 15.6 Å². The average molecular weight is 456 g/mol. The minimum Gasteiger partial charge on any atom is -0.312 e. The van der Waals surface area contributed by atoms with Gasteiger partial charge in [0.05, 0.1) is 0 Å². The van der Waals surface area contributed by atoms with Crippen molar-refractivity contribution in [2.45, 2.75) is 32.2 Å². The molecule has 9 heteroatoms. The van der Waals surface area contributed by atoms with Crippen LogP contribution in [0.25, 0.3) is 10.6 Å². The van der Waals surface area contributed by atoms with Crippen LogP contribution in [0.2, 0.25) is 5.02 Å². The van der Waals surface area contributed by atoms with Gasteiger partial charge in [0.25, 0.3) is 0 Å². The Hall–Kier alpha value is -2.97. The molecule has 3 aromatic rings. The summed E-state index contributed by atoms with van der Waals surface area (Å²) in [6, 6.07) is 14.2. The number of carbonyl (C=O) groups excluding carboxylic acids is 2. The van der Waals surface area contributed by atoms with Crippen molar-refractivity contribution in [1.82, 2.24) is 15.1 Å².